The molecule has 2 aromatic carbocycles. The highest BCUT2D eigenvalue weighted by molar-refractivity contribution is 7.83. The van der Waals surface area contributed by atoms with E-state index in [1.165, 1.54) is 11.3 Å². The maximum atomic E-state index is 12.4. The number of nitrogens with one attached hydrogen (secondary N) is 1. The fourth-order valence-corrected chi connectivity index (χ4v) is 2.83. The van der Waals surface area contributed by atoms with Crippen molar-refractivity contribution < 1.29 is 14.3 Å². The van der Waals surface area contributed by atoms with Gasteiger partial charge in [0.25, 0.3) is 5.91 Å². The van der Waals surface area contributed by atoms with E-state index < -0.39 is 11.9 Å². The summed E-state index contributed by atoms with van der Waals surface area (Å²) in [7, 11) is 0. The number of carbonyl (C=O) groups excluding carboxylic acids is 2. The largest absolute Gasteiger partial charge is 0.422 e. The summed E-state index contributed by atoms with van der Waals surface area (Å²) >= 11 is 5.40. The lowest BCUT2D eigenvalue weighted by Gasteiger charge is -2.09. The monoisotopic (exact) mass is 356 g/mol. The molecule has 120 valence electrons. The van der Waals surface area contributed by atoms with Gasteiger partial charge >= 0.3 is 5.97 Å². The Morgan fingerprint density at radius 1 is 1.04 bits per heavy atom. The number of ether oxygens (including phenoxy) is 1. The average Bonchev–Trinajstić information content (AvgIpc) is 3.01. The van der Waals surface area contributed by atoms with Gasteiger partial charge in [-0.25, -0.2) is 9.78 Å². The summed E-state index contributed by atoms with van der Waals surface area (Å²) in [5.41, 5.74) is 0.657. The maximum Gasteiger partial charge on any atom is 0.343 e. The summed E-state index contributed by atoms with van der Waals surface area (Å²) in [6.07, 6.45) is 1.55. The zero-order valence-corrected chi connectivity index (χ0v) is 14.0. The zero-order chi connectivity index (χ0) is 16.9. The van der Waals surface area contributed by atoms with Crippen LogP contribution in [0.2, 0.25) is 0 Å². The second kappa shape index (κ2) is 7.29. The first-order chi connectivity index (χ1) is 11.6. The van der Waals surface area contributed by atoms with Crippen molar-refractivity contribution in [1.29, 1.82) is 0 Å². The predicted molar refractivity (Wildman–Crippen MR) is 95.2 cm³/mol. The first-order valence-corrected chi connectivity index (χ1v) is 8.22. The van der Waals surface area contributed by atoms with Gasteiger partial charge in [0.05, 0.1) is 21.5 Å². The summed E-state index contributed by atoms with van der Waals surface area (Å²) in [5, 5.41) is 3.09. The van der Waals surface area contributed by atoms with E-state index in [2.05, 4.69) is 22.9 Å². The summed E-state index contributed by atoms with van der Waals surface area (Å²) in [5.74, 6) is -0.747. The number of anilines is 1. The number of rotatable bonds is 4. The van der Waals surface area contributed by atoms with Gasteiger partial charge in [0.2, 0.25) is 0 Å². The number of hydrogen-bond donors (Lipinski definition) is 2. The SMILES string of the molecule is O=C(Oc1ccccc1C(=O)Nc1ncc(S)s1)c1ccccc1. The number of aromatic nitrogens is 1. The van der Waals surface area contributed by atoms with Gasteiger partial charge in [-0.1, -0.05) is 41.7 Å². The van der Waals surface area contributed by atoms with E-state index in [1.54, 1.807) is 54.7 Å². The van der Waals surface area contributed by atoms with Crippen molar-refractivity contribution >= 4 is 41.0 Å². The third-order valence-electron chi connectivity index (χ3n) is 3.06. The second-order valence-electron chi connectivity index (χ2n) is 4.71. The van der Waals surface area contributed by atoms with Crippen LogP contribution >= 0.6 is 24.0 Å². The average molecular weight is 356 g/mol. The van der Waals surface area contributed by atoms with Gasteiger partial charge in [-0.05, 0) is 24.3 Å². The molecule has 0 radical (unpaired) electrons. The number of hydrogen-bond acceptors (Lipinski definition) is 6. The molecule has 0 spiro atoms. The third-order valence-corrected chi connectivity index (χ3v) is 4.16. The molecule has 0 atom stereocenters. The molecule has 0 fully saturated rings. The van der Waals surface area contributed by atoms with Crippen molar-refractivity contribution in [2.75, 3.05) is 5.32 Å². The van der Waals surface area contributed by atoms with Crippen LogP contribution in [0.3, 0.4) is 0 Å². The van der Waals surface area contributed by atoms with Crippen LogP contribution in [0.5, 0.6) is 5.75 Å². The van der Waals surface area contributed by atoms with Crippen LogP contribution in [0.4, 0.5) is 5.13 Å². The van der Waals surface area contributed by atoms with Gasteiger partial charge in [-0.3, -0.25) is 10.1 Å². The zero-order valence-electron chi connectivity index (χ0n) is 12.3. The second-order valence-corrected chi connectivity index (χ2v) is 6.52. The number of benzene rings is 2. The molecular weight excluding hydrogens is 344 g/mol. The Bertz CT molecular complexity index is 878. The number of thiazole rings is 1. The normalized spacial score (nSPS) is 10.2. The fraction of sp³-hybridized carbons (Fsp3) is 0. The van der Waals surface area contributed by atoms with E-state index >= 15 is 0 Å². The molecule has 0 aliphatic heterocycles. The van der Waals surface area contributed by atoms with Gasteiger partial charge in [-0.2, -0.15) is 0 Å². The molecule has 3 rings (SSSR count). The Kier molecular flexibility index (Phi) is 4.93. The van der Waals surface area contributed by atoms with Crippen molar-refractivity contribution in [1.82, 2.24) is 4.98 Å². The number of nitrogens with zero attached hydrogens (tertiary/aromatic N) is 1. The molecule has 1 heterocycles. The molecule has 1 N–H and O–H groups in total. The van der Waals surface area contributed by atoms with Crippen molar-refractivity contribution in [3.05, 3.63) is 71.9 Å². The Hall–Kier alpha value is -2.64. The first-order valence-electron chi connectivity index (χ1n) is 6.96. The summed E-state index contributed by atoms with van der Waals surface area (Å²) in [6.45, 7) is 0. The molecule has 1 amide bonds. The minimum Gasteiger partial charge on any atom is -0.422 e. The van der Waals surface area contributed by atoms with E-state index in [0.29, 0.717) is 14.9 Å². The Morgan fingerprint density at radius 2 is 1.75 bits per heavy atom. The number of para-hydroxylation sites is 1. The quantitative estimate of drug-likeness (QED) is 0.423. The van der Waals surface area contributed by atoms with Crippen LogP contribution < -0.4 is 10.1 Å². The molecular formula is C17H12N2O3S2. The topological polar surface area (TPSA) is 68.3 Å². The summed E-state index contributed by atoms with van der Waals surface area (Å²) in [4.78, 5) is 28.6. The molecule has 0 saturated heterocycles. The predicted octanol–water partition coefficient (Wildman–Crippen LogP) is 3.90. The van der Waals surface area contributed by atoms with Crippen LogP contribution in [-0.4, -0.2) is 16.9 Å². The molecule has 5 nitrogen and oxygen atoms in total. The number of amides is 1. The van der Waals surface area contributed by atoms with Crippen molar-refractivity contribution in [2.24, 2.45) is 0 Å². The van der Waals surface area contributed by atoms with Crippen LogP contribution in [0.25, 0.3) is 0 Å². The number of carbonyl (C=O) groups is 2. The summed E-state index contributed by atoms with van der Waals surface area (Å²) < 4.78 is 6.05. The smallest absolute Gasteiger partial charge is 0.343 e. The highest BCUT2D eigenvalue weighted by Crippen LogP contribution is 2.24. The van der Waals surface area contributed by atoms with E-state index in [9.17, 15) is 9.59 Å². The molecule has 0 aliphatic rings. The molecule has 0 bridgehead atoms. The standard InChI is InChI=1S/C17H12N2O3S2/c20-15(19-17-18-10-14(23)24-17)12-8-4-5-9-13(12)22-16(21)11-6-2-1-3-7-11/h1-10,23H,(H,18,19,20). The van der Waals surface area contributed by atoms with Crippen LogP contribution in [0, 0.1) is 0 Å². The molecule has 24 heavy (non-hydrogen) atoms. The molecule has 0 aliphatic carbocycles. The Labute approximate surface area is 147 Å². The number of esters is 1. The molecule has 1 aromatic heterocycles. The van der Waals surface area contributed by atoms with Crippen LogP contribution in [0.15, 0.2) is 65.0 Å². The van der Waals surface area contributed by atoms with E-state index in [-0.39, 0.29) is 11.3 Å². The molecule has 0 unspecified atom stereocenters. The van der Waals surface area contributed by atoms with E-state index in [1.807, 2.05) is 6.07 Å². The van der Waals surface area contributed by atoms with Gasteiger partial charge in [-0.15, -0.1) is 12.6 Å². The third kappa shape index (κ3) is 3.81. The lowest BCUT2D eigenvalue weighted by atomic mass is 10.2. The van der Waals surface area contributed by atoms with Crippen molar-refractivity contribution in [3.8, 4) is 5.75 Å². The lowest BCUT2D eigenvalue weighted by molar-refractivity contribution is 0.0733. The molecule has 0 saturated carbocycles. The summed E-state index contributed by atoms with van der Waals surface area (Å²) in [6, 6.07) is 15.1. The fourth-order valence-electron chi connectivity index (χ4n) is 1.96. The van der Waals surface area contributed by atoms with E-state index in [4.69, 9.17) is 4.74 Å². The van der Waals surface area contributed by atoms with Crippen molar-refractivity contribution in [2.45, 2.75) is 4.21 Å². The highest BCUT2D eigenvalue weighted by Gasteiger charge is 2.17. The minimum absolute atomic E-state index is 0.187. The minimum atomic E-state index is -0.525. The molecule has 3 aromatic rings. The Balaban J connectivity index is 1.80. The van der Waals surface area contributed by atoms with Gasteiger partial charge in [0.15, 0.2) is 5.13 Å². The van der Waals surface area contributed by atoms with Gasteiger partial charge in [0, 0.05) is 0 Å². The highest BCUT2D eigenvalue weighted by atomic mass is 32.2. The Morgan fingerprint density at radius 3 is 2.46 bits per heavy atom. The lowest BCUT2D eigenvalue weighted by Crippen LogP contribution is -2.16. The first kappa shape index (κ1) is 16.2. The maximum absolute atomic E-state index is 12.4. The van der Waals surface area contributed by atoms with Gasteiger partial charge in [0.1, 0.15) is 5.75 Å². The number of thiol groups is 1. The van der Waals surface area contributed by atoms with Crippen molar-refractivity contribution in [3.63, 3.8) is 0 Å². The van der Waals surface area contributed by atoms with Crippen LogP contribution in [-0.2, 0) is 0 Å². The van der Waals surface area contributed by atoms with Crippen LogP contribution in [0.1, 0.15) is 20.7 Å². The molecule has 7 heteroatoms. The van der Waals surface area contributed by atoms with E-state index in [0.717, 1.165) is 0 Å². The van der Waals surface area contributed by atoms with Gasteiger partial charge < -0.3 is 4.74 Å².